The Morgan fingerprint density at radius 2 is 1.73 bits per heavy atom. The molecule has 48 heavy (non-hydrogen) atoms. The second-order valence-corrected chi connectivity index (χ2v) is 13.3. The van der Waals surface area contributed by atoms with Gasteiger partial charge >= 0.3 is 0 Å². The smallest absolute Gasteiger partial charge is 0.227 e. The van der Waals surface area contributed by atoms with E-state index in [4.69, 9.17) is 16.0 Å². The van der Waals surface area contributed by atoms with Crippen LogP contribution in [0.4, 0.5) is 4.39 Å². The maximum atomic E-state index is 14.0. The fraction of sp³-hybridized carbons (Fsp3) is 0.186. The molecule has 0 spiro atoms. The zero-order chi connectivity index (χ0) is 32.5. The largest absolute Gasteiger partial charge is 0.437 e. The van der Waals surface area contributed by atoms with Gasteiger partial charge in [-0.1, -0.05) is 43.3 Å². The summed E-state index contributed by atoms with van der Waals surface area (Å²) in [4.78, 5) is 4.77. The van der Waals surface area contributed by atoms with Crippen LogP contribution in [0.25, 0.3) is 61.4 Å². The molecule has 0 aliphatic carbocycles. The molecule has 234 valence electrons. The van der Waals surface area contributed by atoms with Gasteiger partial charge in [0.2, 0.25) is 17.1 Å². The zero-order valence-electron chi connectivity index (χ0n) is 27.2. The van der Waals surface area contributed by atoms with Gasteiger partial charge in [-0.3, -0.25) is 0 Å². The number of pyridine rings is 3. The molecule has 2 unspecified atom stereocenters. The quantitative estimate of drug-likeness (QED) is 0.179. The van der Waals surface area contributed by atoms with E-state index in [2.05, 4.69) is 95.2 Å². The molecule has 0 amide bonds. The van der Waals surface area contributed by atoms with Crippen LogP contribution in [-0.2, 0) is 12.8 Å². The van der Waals surface area contributed by atoms with E-state index in [1.54, 1.807) is 0 Å². The van der Waals surface area contributed by atoms with Crippen molar-refractivity contribution in [2.24, 2.45) is 0 Å². The van der Waals surface area contributed by atoms with Crippen molar-refractivity contribution in [3.05, 3.63) is 144 Å². The molecule has 4 aromatic heterocycles. The minimum Gasteiger partial charge on any atom is -0.437 e. The van der Waals surface area contributed by atoms with E-state index in [0.717, 1.165) is 75.8 Å². The monoisotopic (exact) mass is 629 g/mol. The van der Waals surface area contributed by atoms with Crippen molar-refractivity contribution in [3.63, 3.8) is 0 Å². The molecule has 2 atom stereocenters. The molecule has 0 saturated heterocycles. The molecular weight excluding hydrogens is 593 g/mol. The van der Waals surface area contributed by atoms with Crippen LogP contribution in [0.15, 0.2) is 120 Å². The molecule has 9 rings (SSSR count). The van der Waals surface area contributed by atoms with Gasteiger partial charge in [0.15, 0.2) is 29.7 Å². The summed E-state index contributed by atoms with van der Waals surface area (Å²) in [6.07, 6.45) is 8.01. The van der Waals surface area contributed by atoms with Crippen LogP contribution in [0.3, 0.4) is 0 Å². The molecule has 7 aromatic rings. The lowest BCUT2D eigenvalue weighted by molar-refractivity contribution is -0.720. The van der Waals surface area contributed by atoms with Gasteiger partial charge in [-0.15, -0.1) is 0 Å². The number of benzene rings is 3. The van der Waals surface area contributed by atoms with Crippen LogP contribution in [0, 0.1) is 12.7 Å². The third-order valence-corrected chi connectivity index (χ3v) is 10.5. The number of aryl methyl sites for hydroxylation is 3. The lowest BCUT2D eigenvalue weighted by atomic mass is 9.76. The maximum absolute atomic E-state index is 14.0. The topological polar surface area (TPSA) is 33.8 Å². The van der Waals surface area contributed by atoms with E-state index in [-0.39, 0.29) is 11.9 Å². The summed E-state index contributed by atoms with van der Waals surface area (Å²) < 4.78 is 25.4. The Bertz CT molecular complexity index is 2420. The molecule has 3 aromatic carbocycles. The summed E-state index contributed by atoms with van der Waals surface area (Å²) in [6.45, 7) is 8.99. The lowest BCUT2D eigenvalue weighted by Gasteiger charge is -2.31. The number of aromatic nitrogens is 3. The first-order valence-electron chi connectivity index (χ1n) is 16.9. The molecule has 0 N–H and O–H groups in total. The SMILES string of the molecule is C=C1CC2C(CCc3ccc4c(oc5nc(C)ccc54)c3-c3cc(-c4ccc(F)cc4)cc[n+]31)c1cc(CC)ccc1-c1cccc[n+]12. The summed E-state index contributed by atoms with van der Waals surface area (Å²) in [5.74, 6) is 0.0531. The third kappa shape index (κ3) is 4.52. The molecular formula is C43H36FN3O+2. The second kappa shape index (κ2) is 11.1. The first-order valence-corrected chi connectivity index (χ1v) is 16.9. The zero-order valence-corrected chi connectivity index (χ0v) is 27.2. The molecule has 6 heterocycles. The maximum Gasteiger partial charge on any atom is 0.227 e. The molecule has 0 saturated carbocycles. The van der Waals surface area contributed by atoms with Crippen molar-refractivity contribution < 1.29 is 17.9 Å². The minimum atomic E-state index is -0.245. The van der Waals surface area contributed by atoms with E-state index < -0.39 is 0 Å². The summed E-state index contributed by atoms with van der Waals surface area (Å²) in [5.41, 5.74) is 14.1. The van der Waals surface area contributed by atoms with Crippen LogP contribution < -0.4 is 9.13 Å². The highest BCUT2D eigenvalue weighted by atomic mass is 19.1. The van der Waals surface area contributed by atoms with Crippen molar-refractivity contribution in [1.29, 1.82) is 0 Å². The molecule has 5 heteroatoms. The van der Waals surface area contributed by atoms with Crippen LogP contribution in [0.2, 0.25) is 0 Å². The van der Waals surface area contributed by atoms with Crippen LogP contribution in [-0.4, -0.2) is 4.98 Å². The highest BCUT2D eigenvalue weighted by Crippen LogP contribution is 2.46. The van der Waals surface area contributed by atoms with Gasteiger partial charge in [-0.25, -0.2) is 9.37 Å². The Hall–Kier alpha value is -5.42. The number of allylic oxidation sites excluding steroid dienone is 1. The third-order valence-electron chi connectivity index (χ3n) is 10.5. The van der Waals surface area contributed by atoms with Crippen LogP contribution in [0.5, 0.6) is 0 Å². The predicted molar refractivity (Wildman–Crippen MR) is 189 cm³/mol. The second-order valence-electron chi connectivity index (χ2n) is 13.3. The van der Waals surface area contributed by atoms with Crippen molar-refractivity contribution >= 4 is 27.8 Å². The number of hydrogen-bond donors (Lipinski definition) is 0. The normalized spacial score (nSPS) is 16.9. The lowest BCUT2D eigenvalue weighted by Crippen LogP contribution is -2.49. The van der Waals surface area contributed by atoms with Gasteiger partial charge < -0.3 is 4.42 Å². The predicted octanol–water partition coefficient (Wildman–Crippen LogP) is 9.71. The van der Waals surface area contributed by atoms with Crippen LogP contribution in [0.1, 0.15) is 54.1 Å². The van der Waals surface area contributed by atoms with E-state index in [0.29, 0.717) is 11.6 Å². The number of halogens is 1. The average Bonchev–Trinajstić information content (AvgIpc) is 3.48. The van der Waals surface area contributed by atoms with E-state index in [1.165, 1.54) is 40.1 Å². The number of hydrogen-bond acceptors (Lipinski definition) is 2. The Kier molecular flexibility index (Phi) is 6.65. The highest BCUT2D eigenvalue weighted by Gasteiger charge is 2.42. The summed E-state index contributed by atoms with van der Waals surface area (Å²) in [6, 6.07) is 33.5. The number of rotatable bonds is 2. The first-order chi connectivity index (χ1) is 23.5. The standard InChI is InChI=1S/C43H36FN3O/c1-4-28-9-17-33-37(24-28)34-18-12-30-13-19-35-36-16-8-26(2)45-43(36)48-42(35)41(30)40-25-31(29-10-14-32(44)15-11-29)20-22-46(40)27(3)23-39(34)47-21-6-5-7-38(33)47/h5-11,13-17,19-22,24-25,34,39H,3-4,12,18,23H2,1-2H3/q+2. The molecule has 0 bridgehead atoms. The Balaban J connectivity index is 1.30. The number of furan rings is 1. The Morgan fingerprint density at radius 1 is 0.875 bits per heavy atom. The number of nitrogens with zero attached hydrogens (tertiary/aromatic N) is 3. The van der Waals surface area contributed by atoms with Gasteiger partial charge in [0.05, 0.1) is 12.0 Å². The van der Waals surface area contributed by atoms with E-state index in [9.17, 15) is 4.39 Å². The molecule has 4 nitrogen and oxygen atoms in total. The Morgan fingerprint density at radius 3 is 2.58 bits per heavy atom. The van der Waals surface area contributed by atoms with Gasteiger partial charge in [-0.05, 0) is 97.0 Å². The van der Waals surface area contributed by atoms with E-state index >= 15 is 0 Å². The fourth-order valence-corrected chi connectivity index (χ4v) is 8.12. The summed E-state index contributed by atoms with van der Waals surface area (Å²) in [5, 5.41) is 2.06. The van der Waals surface area contributed by atoms with Gasteiger partial charge in [0.1, 0.15) is 5.82 Å². The summed E-state index contributed by atoms with van der Waals surface area (Å²) in [7, 11) is 0. The molecule has 0 fully saturated rings. The number of fused-ring (bicyclic) bond motifs is 13. The summed E-state index contributed by atoms with van der Waals surface area (Å²) >= 11 is 0. The highest BCUT2D eigenvalue weighted by molar-refractivity contribution is 6.09. The van der Waals surface area contributed by atoms with Crippen molar-refractivity contribution in [1.82, 2.24) is 4.98 Å². The minimum absolute atomic E-state index is 0.203. The molecule has 2 aliphatic heterocycles. The fourth-order valence-electron chi connectivity index (χ4n) is 8.12. The van der Waals surface area contributed by atoms with Gasteiger partial charge in [0.25, 0.3) is 0 Å². The van der Waals surface area contributed by atoms with Gasteiger partial charge in [-0.2, -0.15) is 9.13 Å². The first kappa shape index (κ1) is 28.8. The van der Waals surface area contributed by atoms with Gasteiger partial charge in [0, 0.05) is 52.2 Å². The van der Waals surface area contributed by atoms with E-state index in [1.807, 2.05) is 25.1 Å². The molecule has 0 radical (unpaired) electrons. The van der Waals surface area contributed by atoms with Crippen molar-refractivity contribution in [2.75, 3.05) is 0 Å². The van der Waals surface area contributed by atoms with Crippen molar-refractivity contribution in [3.8, 4) is 33.6 Å². The molecule has 2 aliphatic rings. The van der Waals surface area contributed by atoms with Crippen LogP contribution >= 0.6 is 0 Å². The van der Waals surface area contributed by atoms with Crippen molar-refractivity contribution in [2.45, 2.75) is 51.5 Å². The Labute approximate surface area is 279 Å². The average molecular weight is 630 g/mol.